The number of alkyl halides is 3. The van der Waals surface area contributed by atoms with Gasteiger partial charge >= 0.3 is 6.18 Å². The molecule has 0 aliphatic carbocycles. The van der Waals surface area contributed by atoms with Gasteiger partial charge in [0, 0.05) is 41.4 Å². The summed E-state index contributed by atoms with van der Waals surface area (Å²) in [4.78, 5) is 17.8. The molecule has 5 nitrogen and oxygen atoms in total. The van der Waals surface area contributed by atoms with Crippen LogP contribution in [-0.4, -0.2) is 31.7 Å². The molecule has 0 saturated carbocycles. The number of hydrogen-bond donors (Lipinski definition) is 1. The fraction of sp³-hybridized carbons (Fsp3) is 0.583. The molecular weight excluding hydrogens is 451 g/mol. The highest BCUT2D eigenvalue weighted by molar-refractivity contribution is 7.99. The number of thioether (sulfide) groups is 1. The summed E-state index contributed by atoms with van der Waals surface area (Å²) in [6.07, 6.45) is -2.76. The van der Waals surface area contributed by atoms with E-state index in [1.807, 2.05) is 22.5 Å². The van der Waals surface area contributed by atoms with Gasteiger partial charge in [-0.25, -0.2) is 0 Å². The molecule has 2 aromatic rings. The average molecular weight is 486 g/mol. The fourth-order valence-corrected chi connectivity index (χ4v) is 4.33. The van der Waals surface area contributed by atoms with Crippen LogP contribution in [0.5, 0.6) is 0 Å². The Hall–Kier alpha value is -2.00. The van der Waals surface area contributed by atoms with Crippen molar-refractivity contribution in [1.82, 2.24) is 9.36 Å². The Morgan fingerprint density at radius 2 is 1.76 bits per heavy atom. The molecule has 0 bridgehead atoms. The SMILES string of the molecule is CCCCn1/c(=N/C(=O)c2cc(C(F)(F)F)ccc2SCC(C)(C)O)cc(C(C)(C)C)n1C. The Balaban J connectivity index is 2.64. The first-order chi connectivity index (χ1) is 15.0. The van der Waals surface area contributed by atoms with Crippen LogP contribution in [-0.2, 0) is 25.2 Å². The van der Waals surface area contributed by atoms with Crippen LogP contribution < -0.4 is 5.49 Å². The van der Waals surface area contributed by atoms with Gasteiger partial charge in [0.25, 0.3) is 5.91 Å². The number of carbonyl (C=O) groups is 1. The van der Waals surface area contributed by atoms with Gasteiger partial charge in [0.1, 0.15) is 0 Å². The van der Waals surface area contributed by atoms with Gasteiger partial charge in [-0.05, 0) is 38.5 Å². The molecule has 0 saturated heterocycles. The minimum atomic E-state index is -4.58. The van der Waals surface area contributed by atoms with Gasteiger partial charge in [-0.15, -0.1) is 11.8 Å². The maximum absolute atomic E-state index is 13.4. The predicted molar refractivity (Wildman–Crippen MR) is 125 cm³/mol. The number of halogens is 3. The van der Waals surface area contributed by atoms with E-state index < -0.39 is 23.2 Å². The summed E-state index contributed by atoms with van der Waals surface area (Å²) in [5.74, 6) is -0.523. The first-order valence-electron chi connectivity index (χ1n) is 11.0. The third-order valence-electron chi connectivity index (χ3n) is 5.07. The quantitative estimate of drug-likeness (QED) is 0.524. The number of benzene rings is 1. The van der Waals surface area contributed by atoms with E-state index in [4.69, 9.17) is 0 Å². The Labute approximate surface area is 197 Å². The summed E-state index contributed by atoms with van der Waals surface area (Å²) in [5.41, 5.74) is -0.904. The maximum atomic E-state index is 13.4. The number of nitrogens with zero attached hydrogens (tertiary/aromatic N) is 3. The van der Waals surface area contributed by atoms with Crippen LogP contribution in [0.15, 0.2) is 34.2 Å². The summed E-state index contributed by atoms with van der Waals surface area (Å²) in [5, 5.41) is 10.0. The summed E-state index contributed by atoms with van der Waals surface area (Å²) >= 11 is 1.13. The third kappa shape index (κ3) is 7.24. The van der Waals surface area contributed by atoms with Crippen molar-refractivity contribution in [3.05, 3.63) is 46.6 Å². The molecule has 1 amide bonds. The second-order valence-corrected chi connectivity index (χ2v) is 10.9. The zero-order valence-electron chi connectivity index (χ0n) is 20.4. The van der Waals surface area contributed by atoms with Crippen molar-refractivity contribution >= 4 is 17.7 Å². The molecule has 33 heavy (non-hydrogen) atoms. The lowest BCUT2D eigenvalue weighted by atomic mass is 9.92. The molecule has 0 spiro atoms. The molecule has 0 atom stereocenters. The average Bonchev–Trinajstić information content (AvgIpc) is 2.98. The summed E-state index contributed by atoms with van der Waals surface area (Å²) in [6, 6.07) is 4.90. The van der Waals surface area contributed by atoms with Crippen LogP contribution in [0.1, 0.15) is 76.0 Å². The summed E-state index contributed by atoms with van der Waals surface area (Å²) < 4.78 is 43.9. The van der Waals surface area contributed by atoms with Crippen molar-refractivity contribution in [1.29, 1.82) is 0 Å². The molecule has 0 fully saturated rings. The lowest BCUT2D eigenvalue weighted by Crippen LogP contribution is -2.25. The molecule has 184 valence electrons. The highest BCUT2D eigenvalue weighted by Crippen LogP contribution is 2.34. The van der Waals surface area contributed by atoms with E-state index in [1.165, 1.54) is 6.07 Å². The van der Waals surface area contributed by atoms with Gasteiger partial charge in [0.15, 0.2) is 5.49 Å². The van der Waals surface area contributed by atoms with Crippen LogP contribution in [0, 0.1) is 0 Å². The van der Waals surface area contributed by atoms with Crippen molar-refractivity contribution < 1.29 is 23.1 Å². The number of aliphatic hydroxyl groups is 1. The Morgan fingerprint density at radius 1 is 1.12 bits per heavy atom. The fourth-order valence-electron chi connectivity index (χ4n) is 3.36. The van der Waals surface area contributed by atoms with Gasteiger partial charge in [-0.2, -0.15) is 18.2 Å². The van der Waals surface area contributed by atoms with Gasteiger partial charge in [0.05, 0.1) is 16.7 Å². The Kier molecular flexibility index (Phi) is 8.33. The number of unbranched alkanes of at least 4 members (excludes halogenated alkanes) is 1. The highest BCUT2D eigenvalue weighted by atomic mass is 32.2. The third-order valence-corrected chi connectivity index (χ3v) is 6.59. The zero-order valence-corrected chi connectivity index (χ0v) is 21.2. The molecule has 1 heterocycles. The smallest absolute Gasteiger partial charge is 0.390 e. The topological polar surface area (TPSA) is 59.5 Å². The molecule has 1 aromatic carbocycles. The van der Waals surface area contributed by atoms with Crippen molar-refractivity contribution in [2.75, 3.05) is 5.75 Å². The van der Waals surface area contributed by atoms with Crippen molar-refractivity contribution in [3.8, 4) is 0 Å². The van der Waals surface area contributed by atoms with Gasteiger partial charge in [-0.1, -0.05) is 34.1 Å². The zero-order chi connectivity index (χ0) is 25.2. The van der Waals surface area contributed by atoms with E-state index >= 15 is 0 Å². The molecule has 0 unspecified atom stereocenters. The number of amides is 1. The number of rotatable bonds is 7. The highest BCUT2D eigenvalue weighted by Gasteiger charge is 2.32. The molecule has 1 N–H and O–H groups in total. The molecule has 9 heteroatoms. The summed E-state index contributed by atoms with van der Waals surface area (Å²) in [7, 11) is 1.90. The van der Waals surface area contributed by atoms with Crippen LogP contribution in [0.25, 0.3) is 0 Å². The Morgan fingerprint density at radius 3 is 2.27 bits per heavy atom. The van der Waals surface area contributed by atoms with Crippen LogP contribution in [0.3, 0.4) is 0 Å². The number of aromatic nitrogens is 2. The first kappa shape index (κ1) is 27.2. The van der Waals surface area contributed by atoms with Crippen molar-refractivity contribution in [2.45, 2.75) is 83.0 Å². The molecule has 1 aromatic heterocycles. The van der Waals surface area contributed by atoms with Crippen molar-refractivity contribution in [3.63, 3.8) is 0 Å². The van der Waals surface area contributed by atoms with Crippen LogP contribution in [0.4, 0.5) is 13.2 Å². The maximum Gasteiger partial charge on any atom is 0.416 e. The summed E-state index contributed by atoms with van der Waals surface area (Å²) in [6.45, 7) is 12.1. The molecule has 0 radical (unpaired) electrons. The van der Waals surface area contributed by atoms with E-state index in [-0.39, 0.29) is 16.7 Å². The molecular formula is C24H34F3N3O2S. The predicted octanol–water partition coefficient (Wildman–Crippen LogP) is 5.55. The van der Waals surface area contributed by atoms with Crippen LogP contribution >= 0.6 is 11.8 Å². The van der Waals surface area contributed by atoms with E-state index in [0.717, 1.165) is 42.4 Å². The van der Waals surface area contributed by atoms with Gasteiger partial charge in [0.2, 0.25) is 0 Å². The van der Waals surface area contributed by atoms with E-state index in [9.17, 15) is 23.1 Å². The second kappa shape index (κ2) is 10.1. The second-order valence-electron chi connectivity index (χ2n) is 9.86. The standard InChI is InChI=1S/C24H34F3N3O2S/c1-8-9-12-30-20(14-19(29(30)7)22(2,3)4)28-21(31)17-13-16(24(25,26)27)10-11-18(17)33-15-23(5,6)32/h10-11,13-14,32H,8-9,12,15H2,1-7H3/b28-20+. The minimum Gasteiger partial charge on any atom is -0.390 e. The number of hydrogen-bond acceptors (Lipinski definition) is 3. The minimum absolute atomic E-state index is 0.123. The van der Waals surface area contributed by atoms with Gasteiger partial charge in [-0.3, -0.25) is 14.2 Å². The van der Waals surface area contributed by atoms with E-state index in [1.54, 1.807) is 13.8 Å². The Bertz CT molecular complexity index is 1050. The molecule has 2 rings (SSSR count). The number of carbonyl (C=O) groups excluding carboxylic acids is 1. The molecule has 0 aliphatic heterocycles. The lowest BCUT2D eigenvalue weighted by Gasteiger charge is -2.20. The first-order valence-corrected chi connectivity index (χ1v) is 12.0. The van der Waals surface area contributed by atoms with E-state index in [0.29, 0.717) is 16.9 Å². The van der Waals surface area contributed by atoms with Gasteiger partial charge < -0.3 is 5.11 Å². The van der Waals surface area contributed by atoms with Crippen molar-refractivity contribution in [2.24, 2.45) is 12.0 Å². The normalized spacial score (nSPS) is 13.6. The monoisotopic (exact) mass is 485 g/mol. The van der Waals surface area contributed by atoms with Crippen LogP contribution in [0.2, 0.25) is 0 Å². The lowest BCUT2D eigenvalue weighted by molar-refractivity contribution is -0.137. The largest absolute Gasteiger partial charge is 0.416 e. The molecule has 0 aliphatic rings. The van der Waals surface area contributed by atoms with E-state index in [2.05, 4.69) is 32.7 Å².